The second kappa shape index (κ2) is 7.51. The maximum absolute atomic E-state index is 11.8. The van der Waals surface area contributed by atoms with Crippen LogP contribution in [0.15, 0.2) is 0 Å². The molecule has 1 fully saturated rings. The van der Waals surface area contributed by atoms with Crippen LogP contribution in [0.5, 0.6) is 0 Å². The number of aliphatic carboxylic acids is 1. The number of urea groups is 1. The third kappa shape index (κ3) is 4.40. The van der Waals surface area contributed by atoms with Crippen LogP contribution >= 0.6 is 11.8 Å². The predicted molar refractivity (Wildman–Crippen MR) is 72.9 cm³/mol. The zero-order valence-electron chi connectivity index (χ0n) is 11.0. The molecule has 1 rings (SSSR count). The minimum Gasteiger partial charge on any atom is -0.481 e. The highest BCUT2D eigenvalue weighted by Crippen LogP contribution is 2.22. The highest BCUT2D eigenvalue weighted by molar-refractivity contribution is 7.98. The van der Waals surface area contributed by atoms with Crippen molar-refractivity contribution in [3.05, 3.63) is 0 Å². The van der Waals surface area contributed by atoms with Crippen molar-refractivity contribution in [1.82, 2.24) is 10.2 Å². The number of nitrogens with zero attached hydrogens (tertiary/aromatic N) is 1. The first kappa shape index (κ1) is 15.1. The summed E-state index contributed by atoms with van der Waals surface area (Å²) in [4.78, 5) is 24.4. The Morgan fingerprint density at radius 2 is 2.11 bits per heavy atom. The lowest BCUT2D eigenvalue weighted by Crippen LogP contribution is -2.39. The van der Waals surface area contributed by atoms with Crippen LogP contribution in [0.2, 0.25) is 0 Å². The number of carboxylic acids is 1. The third-order valence-corrected chi connectivity index (χ3v) is 3.97. The second-order valence-electron chi connectivity index (χ2n) is 4.76. The number of likely N-dealkylation sites (tertiary alicyclic amines) is 1. The van der Waals surface area contributed by atoms with Gasteiger partial charge >= 0.3 is 12.0 Å². The number of unbranched alkanes of at least 4 members (excludes halogenated alkanes) is 1. The average molecular weight is 274 g/mol. The van der Waals surface area contributed by atoms with Crippen molar-refractivity contribution in [3.8, 4) is 0 Å². The maximum Gasteiger partial charge on any atom is 0.317 e. The van der Waals surface area contributed by atoms with E-state index in [0.717, 1.165) is 18.6 Å². The lowest BCUT2D eigenvalue weighted by atomic mass is 9.99. The molecule has 0 spiro atoms. The number of nitrogens with one attached hydrogen (secondary N) is 1. The lowest BCUT2D eigenvalue weighted by Gasteiger charge is -2.16. The SMILES string of the molecule is CSCCCCNC(=O)N1CC(C)C(C(=O)O)C1. The molecule has 2 unspecified atom stereocenters. The topological polar surface area (TPSA) is 69.6 Å². The first-order chi connectivity index (χ1) is 8.56. The summed E-state index contributed by atoms with van der Waals surface area (Å²) in [5.41, 5.74) is 0. The molecule has 2 atom stereocenters. The molecule has 6 heteroatoms. The summed E-state index contributed by atoms with van der Waals surface area (Å²) in [6, 6.07) is -0.130. The molecule has 0 saturated carbocycles. The molecular weight excluding hydrogens is 252 g/mol. The van der Waals surface area contributed by atoms with E-state index in [2.05, 4.69) is 11.6 Å². The highest BCUT2D eigenvalue weighted by atomic mass is 32.2. The summed E-state index contributed by atoms with van der Waals surface area (Å²) < 4.78 is 0. The van der Waals surface area contributed by atoms with Crippen LogP contribution in [0, 0.1) is 11.8 Å². The molecule has 104 valence electrons. The van der Waals surface area contributed by atoms with Gasteiger partial charge in [0.05, 0.1) is 5.92 Å². The van der Waals surface area contributed by atoms with Crippen LogP contribution < -0.4 is 5.32 Å². The molecule has 0 aromatic heterocycles. The quantitative estimate of drug-likeness (QED) is 0.720. The van der Waals surface area contributed by atoms with E-state index in [1.807, 2.05) is 6.92 Å². The smallest absolute Gasteiger partial charge is 0.317 e. The largest absolute Gasteiger partial charge is 0.481 e. The van der Waals surface area contributed by atoms with Crippen LogP contribution in [0.1, 0.15) is 19.8 Å². The van der Waals surface area contributed by atoms with Crippen molar-refractivity contribution < 1.29 is 14.7 Å². The minimum atomic E-state index is -0.808. The van der Waals surface area contributed by atoms with E-state index < -0.39 is 11.9 Å². The van der Waals surface area contributed by atoms with E-state index >= 15 is 0 Å². The predicted octanol–water partition coefficient (Wildman–Crippen LogP) is 1.49. The summed E-state index contributed by atoms with van der Waals surface area (Å²) >= 11 is 1.80. The van der Waals surface area contributed by atoms with Gasteiger partial charge in [-0.15, -0.1) is 0 Å². The number of carbonyl (C=O) groups is 2. The second-order valence-corrected chi connectivity index (χ2v) is 5.74. The number of amides is 2. The molecule has 1 saturated heterocycles. The average Bonchev–Trinajstić information content (AvgIpc) is 2.71. The van der Waals surface area contributed by atoms with Crippen molar-refractivity contribution in [1.29, 1.82) is 0 Å². The van der Waals surface area contributed by atoms with Gasteiger partial charge in [0.15, 0.2) is 0 Å². The fraction of sp³-hybridized carbons (Fsp3) is 0.833. The number of carbonyl (C=O) groups excluding carboxylic acids is 1. The Labute approximate surface area is 112 Å². The first-order valence-electron chi connectivity index (χ1n) is 6.30. The van der Waals surface area contributed by atoms with Crippen LogP contribution in [-0.4, -0.2) is 53.6 Å². The molecule has 0 aliphatic carbocycles. The van der Waals surface area contributed by atoms with E-state index in [4.69, 9.17) is 5.11 Å². The lowest BCUT2D eigenvalue weighted by molar-refractivity contribution is -0.142. The van der Waals surface area contributed by atoms with Crippen LogP contribution in [-0.2, 0) is 4.79 Å². The number of thioether (sulfide) groups is 1. The van der Waals surface area contributed by atoms with Gasteiger partial charge in [-0.25, -0.2) is 4.79 Å². The van der Waals surface area contributed by atoms with Crippen LogP contribution in [0.4, 0.5) is 4.79 Å². The van der Waals surface area contributed by atoms with E-state index in [1.165, 1.54) is 0 Å². The van der Waals surface area contributed by atoms with Gasteiger partial charge in [-0.1, -0.05) is 6.92 Å². The standard InChI is InChI=1S/C12H22N2O3S/c1-9-7-14(8-10(9)11(15)16)12(17)13-5-3-4-6-18-2/h9-10H,3-8H2,1-2H3,(H,13,17)(H,15,16). The number of hydrogen-bond donors (Lipinski definition) is 2. The molecular formula is C12H22N2O3S. The van der Waals surface area contributed by atoms with E-state index in [9.17, 15) is 9.59 Å². The Morgan fingerprint density at radius 1 is 1.39 bits per heavy atom. The molecule has 0 aromatic carbocycles. The molecule has 2 amide bonds. The minimum absolute atomic E-state index is 0.0322. The molecule has 0 aromatic rings. The Kier molecular flexibility index (Phi) is 6.32. The Bertz CT molecular complexity index is 299. The molecule has 1 aliphatic heterocycles. The molecule has 5 nitrogen and oxygen atoms in total. The monoisotopic (exact) mass is 274 g/mol. The molecule has 1 heterocycles. The number of rotatable bonds is 6. The zero-order valence-corrected chi connectivity index (χ0v) is 11.8. The number of carboxylic acid groups (broad SMARTS) is 1. The van der Waals surface area contributed by atoms with Crippen molar-refractivity contribution >= 4 is 23.8 Å². The fourth-order valence-electron chi connectivity index (χ4n) is 2.13. The molecule has 0 radical (unpaired) electrons. The van der Waals surface area contributed by atoms with Gasteiger partial charge in [-0.3, -0.25) is 4.79 Å². The Balaban J connectivity index is 2.25. The van der Waals surface area contributed by atoms with Gasteiger partial charge in [0.2, 0.25) is 0 Å². The van der Waals surface area contributed by atoms with Gasteiger partial charge in [0.1, 0.15) is 0 Å². The highest BCUT2D eigenvalue weighted by Gasteiger charge is 2.36. The molecule has 18 heavy (non-hydrogen) atoms. The normalized spacial score (nSPS) is 23.1. The van der Waals surface area contributed by atoms with E-state index in [1.54, 1.807) is 16.7 Å². The molecule has 2 N–H and O–H groups in total. The Hall–Kier alpha value is -0.910. The van der Waals surface area contributed by atoms with E-state index in [0.29, 0.717) is 19.6 Å². The molecule has 0 bridgehead atoms. The summed E-state index contributed by atoms with van der Waals surface area (Å²) in [5.74, 6) is -0.0905. The van der Waals surface area contributed by atoms with Crippen molar-refractivity contribution in [3.63, 3.8) is 0 Å². The fourth-order valence-corrected chi connectivity index (χ4v) is 2.63. The van der Waals surface area contributed by atoms with E-state index in [-0.39, 0.29) is 11.9 Å². The first-order valence-corrected chi connectivity index (χ1v) is 7.70. The summed E-state index contributed by atoms with van der Waals surface area (Å²) in [6.07, 6.45) is 4.13. The van der Waals surface area contributed by atoms with Crippen molar-refractivity contribution in [2.24, 2.45) is 11.8 Å². The summed E-state index contributed by atoms with van der Waals surface area (Å²) in [7, 11) is 0. The van der Waals surface area contributed by atoms with Gasteiger partial charge in [0, 0.05) is 19.6 Å². The Morgan fingerprint density at radius 3 is 2.67 bits per heavy atom. The molecule has 1 aliphatic rings. The summed E-state index contributed by atoms with van der Waals surface area (Å²) in [6.45, 7) is 3.41. The van der Waals surface area contributed by atoms with Crippen molar-refractivity contribution in [2.75, 3.05) is 31.6 Å². The van der Waals surface area contributed by atoms with Crippen molar-refractivity contribution in [2.45, 2.75) is 19.8 Å². The van der Waals surface area contributed by atoms with Crippen LogP contribution in [0.25, 0.3) is 0 Å². The summed E-state index contributed by atoms with van der Waals surface area (Å²) in [5, 5.41) is 11.8. The van der Waals surface area contributed by atoms with Gasteiger partial charge in [0.25, 0.3) is 0 Å². The van der Waals surface area contributed by atoms with Crippen LogP contribution in [0.3, 0.4) is 0 Å². The number of hydrogen-bond acceptors (Lipinski definition) is 3. The van der Waals surface area contributed by atoms with Gasteiger partial charge < -0.3 is 15.3 Å². The van der Waals surface area contributed by atoms with Gasteiger partial charge in [-0.2, -0.15) is 11.8 Å². The van der Waals surface area contributed by atoms with Gasteiger partial charge in [-0.05, 0) is 30.8 Å². The third-order valence-electron chi connectivity index (χ3n) is 3.27. The maximum atomic E-state index is 11.8. The zero-order chi connectivity index (χ0) is 13.5.